The molecule has 0 saturated heterocycles. The molecule has 7 nitrogen and oxygen atoms in total. The standard InChI is InChI=1S/C13H20N4O3/c1-4-14-10-6-5-7-11(13(10)17(19)20)15-9-8-12(18)16(2)3/h5-7,14-15H,4,8-9H2,1-3H3. The molecule has 1 rings (SSSR count). The van der Waals surface area contributed by atoms with E-state index in [4.69, 9.17) is 0 Å². The quantitative estimate of drug-likeness (QED) is 0.588. The first-order chi connectivity index (χ1) is 9.47. The topological polar surface area (TPSA) is 87.5 Å². The SMILES string of the molecule is CCNc1cccc(NCCC(=O)N(C)C)c1[N+](=O)[O-]. The van der Waals surface area contributed by atoms with Crippen molar-refractivity contribution in [2.24, 2.45) is 0 Å². The van der Waals surface area contributed by atoms with Crippen molar-refractivity contribution in [3.05, 3.63) is 28.3 Å². The van der Waals surface area contributed by atoms with Crippen molar-refractivity contribution in [2.45, 2.75) is 13.3 Å². The number of hydrogen-bond acceptors (Lipinski definition) is 5. The Balaban J connectivity index is 2.81. The molecule has 110 valence electrons. The summed E-state index contributed by atoms with van der Waals surface area (Å²) in [6.45, 7) is 2.83. The monoisotopic (exact) mass is 280 g/mol. The number of nitrogens with one attached hydrogen (secondary N) is 2. The smallest absolute Gasteiger partial charge is 0.315 e. The van der Waals surface area contributed by atoms with Crippen LogP contribution in [0.3, 0.4) is 0 Å². The van der Waals surface area contributed by atoms with E-state index in [9.17, 15) is 14.9 Å². The Morgan fingerprint density at radius 3 is 2.40 bits per heavy atom. The van der Waals surface area contributed by atoms with Gasteiger partial charge in [-0.2, -0.15) is 0 Å². The molecule has 0 aliphatic rings. The minimum Gasteiger partial charge on any atom is -0.380 e. The van der Waals surface area contributed by atoms with Crippen LogP contribution in [-0.4, -0.2) is 42.9 Å². The van der Waals surface area contributed by atoms with Gasteiger partial charge in [-0.15, -0.1) is 0 Å². The van der Waals surface area contributed by atoms with Crippen molar-refractivity contribution in [3.8, 4) is 0 Å². The minimum atomic E-state index is -0.423. The first kappa shape index (κ1) is 15.7. The van der Waals surface area contributed by atoms with E-state index in [0.29, 0.717) is 24.5 Å². The molecule has 0 heterocycles. The predicted molar refractivity (Wildman–Crippen MR) is 79.1 cm³/mol. The fourth-order valence-corrected chi connectivity index (χ4v) is 1.74. The highest BCUT2D eigenvalue weighted by molar-refractivity contribution is 5.78. The number of nitro groups is 1. The van der Waals surface area contributed by atoms with Gasteiger partial charge in [0.1, 0.15) is 11.4 Å². The van der Waals surface area contributed by atoms with Crippen LogP contribution in [0.1, 0.15) is 13.3 Å². The van der Waals surface area contributed by atoms with E-state index in [1.54, 1.807) is 32.3 Å². The molecule has 0 aliphatic carbocycles. The molecule has 1 amide bonds. The van der Waals surface area contributed by atoms with E-state index in [-0.39, 0.29) is 18.0 Å². The summed E-state index contributed by atoms with van der Waals surface area (Å²) in [5.41, 5.74) is 0.896. The van der Waals surface area contributed by atoms with Gasteiger partial charge < -0.3 is 15.5 Å². The average molecular weight is 280 g/mol. The van der Waals surface area contributed by atoms with E-state index in [0.717, 1.165) is 0 Å². The second-order valence-corrected chi connectivity index (χ2v) is 4.45. The van der Waals surface area contributed by atoms with Crippen LogP contribution in [0.15, 0.2) is 18.2 Å². The van der Waals surface area contributed by atoms with Crippen LogP contribution < -0.4 is 10.6 Å². The van der Waals surface area contributed by atoms with Gasteiger partial charge in [0, 0.05) is 33.6 Å². The largest absolute Gasteiger partial charge is 0.380 e. The molecule has 0 bridgehead atoms. The lowest BCUT2D eigenvalue weighted by molar-refractivity contribution is -0.383. The molecule has 0 fully saturated rings. The summed E-state index contributed by atoms with van der Waals surface area (Å²) in [6.07, 6.45) is 0.287. The second-order valence-electron chi connectivity index (χ2n) is 4.45. The van der Waals surface area contributed by atoms with Crippen molar-refractivity contribution in [1.29, 1.82) is 0 Å². The Bertz CT molecular complexity index is 489. The molecule has 0 spiro atoms. The van der Waals surface area contributed by atoms with Crippen LogP contribution in [-0.2, 0) is 4.79 Å². The van der Waals surface area contributed by atoms with Gasteiger partial charge in [-0.05, 0) is 19.1 Å². The molecule has 2 N–H and O–H groups in total. The third-order valence-electron chi connectivity index (χ3n) is 2.74. The van der Waals surface area contributed by atoms with Crippen molar-refractivity contribution >= 4 is 23.0 Å². The molecule has 0 aliphatic heterocycles. The number of hydrogen-bond donors (Lipinski definition) is 2. The Hall–Kier alpha value is -2.31. The lowest BCUT2D eigenvalue weighted by Gasteiger charge is -2.12. The lowest BCUT2D eigenvalue weighted by Crippen LogP contribution is -2.24. The molecule has 0 saturated carbocycles. The Morgan fingerprint density at radius 2 is 1.90 bits per heavy atom. The molecule has 1 aromatic rings. The molecular formula is C13H20N4O3. The second kappa shape index (κ2) is 7.32. The van der Waals surface area contributed by atoms with Gasteiger partial charge in [0.2, 0.25) is 5.91 Å². The van der Waals surface area contributed by atoms with Gasteiger partial charge in [0.05, 0.1) is 4.92 Å². The number of anilines is 2. The van der Waals surface area contributed by atoms with E-state index in [1.807, 2.05) is 6.92 Å². The molecule has 1 aromatic carbocycles. The van der Waals surface area contributed by atoms with Crippen LogP contribution in [0.4, 0.5) is 17.1 Å². The van der Waals surface area contributed by atoms with Gasteiger partial charge >= 0.3 is 5.69 Å². The molecule has 0 aromatic heterocycles. The van der Waals surface area contributed by atoms with Crippen molar-refractivity contribution < 1.29 is 9.72 Å². The van der Waals surface area contributed by atoms with Crippen LogP contribution in [0.25, 0.3) is 0 Å². The fraction of sp³-hybridized carbons (Fsp3) is 0.462. The summed E-state index contributed by atoms with van der Waals surface area (Å²) in [4.78, 5) is 23.7. The summed E-state index contributed by atoms with van der Waals surface area (Å²) >= 11 is 0. The number of amides is 1. The van der Waals surface area contributed by atoms with Crippen molar-refractivity contribution in [1.82, 2.24) is 4.90 Å². The maximum atomic E-state index is 11.5. The van der Waals surface area contributed by atoms with Crippen LogP contribution in [0, 0.1) is 10.1 Å². The highest BCUT2D eigenvalue weighted by Gasteiger charge is 2.19. The Kier molecular flexibility index (Phi) is 5.76. The predicted octanol–water partition coefficient (Wildman–Crippen LogP) is 1.92. The summed E-state index contributed by atoms with van der Waals surface area (Å²) < 4.78 is 0. The average Bonchev–Trinajstić information content (AvgIpc) is 2.38. The summed E-state index contributed by atoms with van der Waals surface area (Å²) in [5, 5.41) is 17.1. The Morgan fingerprint density at radius 1 is 1.30 bits per heavy atom. The number of para-hydroxylation sites is 1. The lowest BCUT2D eigenvalue weighted by atomic mass is 10.2. The van der Waals surface area contributed by atoms with Crippen LogP contribution >= 0.6 is 0 Å². The van der Waals surface area contributed by atoms with Gasteiger partial charge in [-0.25, -0.2) is 0 Å². The zero-order valence-corrected chi connectivity index (χ0v) is 12.0. The zero-order valence-electron chi connectivity index (χ0n) is 12.0. The fourth-order valence-electron chi connectivity index (χ4n) is 1.74. The van der Waals surface area contributed by atoms with E-state index in [2.05, 4.69) is 10.6 Å². The molecule has 20 heavy (non-hydrogen) atoms. The molecule has 0 unspecified atom stereocenters. The molecule has 0 atom stereocenters. The maximum absolute atomic E-state index is 11.5. The number of nitrogens with zero attached hydrogens (tertiary/aromatic N) is 2. The highest BCUT2D eigenvalue weighted by Crippen LogP contribution is 2.32. The van der Waals surface area contributed by atoms with Crippen LogP contribution in [0.5, 0.6) is 0 Å². The number of carbonyl (C=O) groups excluding carboxylic acids is 1. The third-order valence-corrected chi connectivity index (χ3v) is 2.74. The maximum Gasteiger partial charge on any atom is 0.315 e. The first-order valence-corrected chi connectivity index (χ1v) is 6.42. The molecular weight excluding hydrogens is 260 g/mol. The van der Waals surface area contributed by atoms with Crippen molar-refractivity contribution in [2.75, 3.05) is 37.8 Å². The first-order valence-electron chi connectivity index (χ1n) is 6.42. The van der Waals surface area contributed by atoms with E-state index >= 15 is 0 Å². The number of carbonyl (C=O) groups is 1. The van der Waals surface area contributed by atoms with Gasteiger partial charge in [-0.1, -0.05) is 6.07 Å². The molecule has 0 radical (unpaired) electrons. The summed E-state index contributed by atoms with van der Waals surface area (Å²) in [6, 6.07) is 5.04. The van der Waals surface area contributed by atoms with Gasteiger partial charge in [0.15, 0.2) is 0 Å². The zero-order chi connectivity index (χ0) is 15.1. The number of rotatable bonds is 7. The van der Waals surface area contributed by atoms with Crippen LogP contribution in [0.2, 0.25) is 0 Å². The highest BCUT2D eigenvalue weighted by atomic mass is 16.6. The normalized spacial score (nSPS) is 9.95. The third kappa shape index (κ3) is 4.11. The van der Waals surface area contributed by atoms with Gasteiger partial charge in [-0.3, -0.25) is 14.9 Å². The molecule has 7 heteroatoms. The number of nitro benzene ring substituents is 1. The van der Waals surface area contributed by atoms with Gasteiger partial charge in [0.25, 0.3) is 0 Å². The number of benzene rings is 1. The summed E-state index contributed by atoms with van der Waals surface area (Å²) in [5.74, 6) is -0.0250. The van der Waals surface area contributed by atoms with E-state index < -0.39 is 4.92 Å². The summed E-state index contributed by atoms with van der Waals surface area (Å²) in [7, 11) is 3.35. The van der Waals surface area contributed by atoms with Crippen molar-refractivity contribution in [3.63, 3.8) is 0 Å². The minimum absolute atomic E-state index is 0.00616. The van der Waals surface area contributed by atoms with E-state index in [1.165, 1.54) is 4.90 Å². The Labute approximate surface area is 118 Å².